The number of rotatable bonds is 8. The van der Waals surface area contributed by atoms with Crippen LogP contribution in [0.5, 0.6) is 0 Å². The second-order valence-corrected chi connectivity index (χ2v) is 6.92. The maximum Gasteiger partial charge on any atom is 0.440 e. The van der Waals surface area contributed by atoms with E-state index in [0.29, 0.717) is 6.42 Å². The van der Waals surface area contributed by atoms with Crippen molar-refractivity contribution in [2.75, 3.05) is 19.8 Å². The van der Waals surface area contributed by atoms with E-state index >= 15 is 0 Å². The lowest BCUT2D eigenvalue weighted by Gasteiger charge is -2.31. The molecule has 6 nitrogen and oxygen atoms in total. The number of nitrogens with zero attached hydrogens (tertiary/aromatic N) is 1. The Hall–Kier alpha value is -0.840. The number of hydrogen-bond acceptors (Lipinski definition) is 5. The van der Waals surface area contributed by atoms with Crippen LogP contribution in [-0.4, -0.2) is 36.1 Å². The summed E-state index contributed by atoms with van der Waals surface area (Å²) < 4.78 is 29.3. The zero-order chi connectivity index (χ0) is 15.8. The van der Waals surface area contributed by atoms with E-state index < -0.39 is 19.4 Å². The van der Waals surface area contributed by atoms with Gasteiger partial charge < -0.3 is 4.74 Å². The molecular weight excluding hydrogens is 281 g/mol. The van der Waals surface area contributed by atoms with Crippen LogP contribution >= 0.6 is 7.75 Å². The molecule has 0 heterocycles. The van der Waals surface area contributed by atoms with Gasteiger partial charge in [-0.3, -0.25) is 9.05 Å². The van der Waals surface area contributed by atoms with Gasteiger partial charge in [0, 0.05) is 6.54 Å². The molecule has 0 bridgehead atoms. The third kappa shape index (κ3) is 6.55. The molecule has 118 valence electrons. The third-order valence-corrected chi connectivity index (χ3v) is 4.15. The summed E-state index contributed by atoms with van der Waals surface area (Å²) in [6.45, 7) is 12.7. The third-order valence-electron chi connectivity index (χ3n) is 2.03. The van der Waals surface area contributed by atoms with Crippen molar-refractivity contribution in [3.05, 3.63) is 12.7 Å². The van der Waals surface area contributed by atoms with E-state index in [1.54, 1.807) is 40.7 Å². The Balaban J connectivity index is 5.22. The average Bonchev–Trinajstić information content (AvgIpc) is 2.27. The molecule has 0 aromatic heterocycles. The fourth-order valence-corrected chi connectivity index (χ4v) is 2.95. The summed E-state index contributed by atoms with van der Waals surface area (Å²) >= 11 is 0. The van der Waals surface area contributed by atoms with Gasteiger partial charge in [-0.1, -0.05) is 6.08 Å². The lowest BCUT2D eigenvalue weighted by molar-refractivity contribution is 0.0321. The predicted octanol–water partition coefficient (Wildman–Crippen LogP) is 3.98. The Morgan fingerprint density at radius 1 is 1.25 bits per heavy atom. The highest BCUT2D eigenvalue weighted by Gasteiger charge is 2.39. The Morgan fingerprint density at radius 3 is 2.10 bits per heavy atom. The van der Waals surface area contributed by atoms with E-state index in [1.807, 2.05) is 0 Å². The van der Waals surface area contributed by atoms with Gasteiger partial charge in [0.05, 0.1) is 13.2 Å². The van der Waals surface area contributed by atoms with E-state index in [9.17, 15) is 9.36 Å². The fourth-order valence-electron chi connectivity index (χ4n) is 1.34. The molecule has 0 aliphatic rings. The van der Waals surface area contributed by atoms with Crippen LogP contribution in [-0.2, 0) is 18.3 Å². The zero-order valence-corrected chi connectivity index (χ0v) is 13.9. The fraction of sp³-hybridized carbons (Fsp3) is 0.769. The van der Waals surface area contributed by atoms with Crippen LogP contribution in [0.3, 0.4) is 0 Å². The van der Waals surface area contributed by atoms with Crippen molar-refractivity contribution in [1.29, 1.82) is 0 Å². The second kappa shape index (κ2) is 8.45. The highest BCUT2D eigenvalue weighted by atomic mass is 31.2. The van der Waals surface area contributed by atoms with E-state index in [4.69, 9.17) is 13.8 Å². The first kappa shape index (κ1) is 19.2. The van der Waals surface area contributed by atoms with Crippen molar-refractivity contribution in [1.82, 2.24) is 4.67 Å². The van der Waals surface area contributed by atoms with E-state index in [1.165, 1.54) is 0 Å². The quantitative estimate of drug-likeness (QED) is 0.501. The van der Waals surface area contributed by atoms with Crippen LogP contribution in [0.1, 0.15) is 41.0 Å². The van der Waals surface area contributed by atoms with Gasteiger partial charge in [-0.05, 0) is 41.0 Å². The standard InChI is InChI=1S/C13H26NO5P/c1-7-10-11-14(12(15)19-13(4,5)6)20(16,17-8-2)18-9-3/h7H,1,8-11H2,2-6H3. The van der Waals surface area contributed by atoms with E-state index in [0.717, 1.165) is 4.67 Å². The lowest BCUT2D eigenvalue weighted by Crippen LogP contribution is -2.36. The zero-order valence-electron chi connectivity index (χ0n) is 13.0. The van der Waals surface area contributed by atoms with E-state index in [2.05, 4.69) is 6.58 Å². The van der Waals surface area contributed by atoms with Gasteiger partial charge >= 0.3 is 13.8 Å². The Labute approximate surface area is 121 Å². The predicted molar refractivity (Wildman–Crippen MR) is 78.6 cm³/mol. The SMILES string of the molecule is C=CCCN(C(=O)OC(C)(C)C)P(=O)(OCC)OCC. The molecular formula is C13H26NO5P. The molecule has 0 aromatic carbocycles. The molecule has 0 saturated carbocycles. The molecule has 0 atom stereocenters. The van der Waals surface area contributed by atoms with Gasteiger partial charge in [-0.2, -0.15) is 0 Å². The largest absolute Gasteiger partial charge is 0.443 e. The van der Waals surface area contributed by atoms with Gasteiger partial charge in [-0.25, -0.2) is 14.0 Å². The smallest absolute Gasteiger partial charge is 0.440 e. The van der Waals surface area contributed by atoms with Crippen molar-refractivity contribution < 1.29 is 23.1 Å². The number of amides is 1. The second-order valence-electron chi connectivity index (χ2n) is 4.98. The van der Waals surface area contributed by atoms with Crippen LogP contribution in [0, 0.1) is 0 Å². The normalized spacial score (nSPS) is 12.1. The highest BCUT2D eigenvalue weighted by molar-refractivity contribution is 7.52. The number of carbonyl (C=O) groups is 1. The van der Waals surface area contributed by atoms with Crippen molar-refractivity contribution in [2.45, 2.75) is 46.6 Å². The average molecular weight is 307 g/mol. The minimum Gasteiger partial charge on any atom is -0.443 e. The molecule has 0 rings (SSSR count). The Bertz CT molecular complexity index is 354. The van der Waals surface area contributed by atoms with Crippen molar-refractivity contribution in [3.8, 4) is 0 Å². The molecule has 1 amide bonds. The van der Waals surface area contributed by atoms with Crippen LogP contribution in [0.25, 0.3) is 0 Å². The summed E-state index contributed by atoms with van der Waals surface area (Å²) in [6.07, 6.45) is 1.37. The number of ether oxygens (including phenoxy) is 1. The van der Waals surface area contributed by atoms with Gasteiger partial charge in [0.2, 0.25) is 0 Å². The summed E-state index contributed by atoms with van der Waals surface area (Å²) in [7, 11) is -3.69. The number of carbonyl (C=O) groups excluding carboxylic acids is 1. The molecule has 0 aliphatic heterocycles. The minimum atomic E-state index is -3.69. The summed E-state index contributed by atoms with van der Waals surface area (Å²) in [5.41, 5.74) is -0.688. The van der Waals surface area contributed by atoms with Crippen LogP contribution < -0.4 is 0 Å². The first-order valence-electron chi connectivity index (χ1n) is 6.71. The lowest BCUT2D eigenvalue weighted by atomic mass is 10.2. The topological polar surface area (TPSA) is 65.1 Å². The molecule has 20 heavy (non-hydrogen) atoms. The Kier molecular flexibility index (Phi) is 8.09. The van der Waals surface area contributed by atoms with Gasteiger partial charge in [0.15, 0.2) is 0 Å². The molecule has 0 spiro atoms. The first-order valence-corrected chi connectivity index (χ1v) is 8.20. The van der Waals surface area contributed by atoms with Crippen molar-refractivity contribution >= 4 is 13.8 Å². The summed E-state index contributed by atoms with van der Waals surface area (Å²) in [4.78, 5) is 12.2. The van der Waals surface area contributed by atoms with Crippen LogP contribution in [0.2, 0.25) is 0 Å². The molecule has 0 N–H and O–H groups in total. The molecule has 0 aliphatic carbocycles. The van der Waals surface area contributed by atoms with Crippen LogP contribution in [0.4, 0.5) is 4.79 Å². The summed E-state index contributed by atoms with van der Waals surface area (Å²) in [6, 6.07) is 0. The summed E-state index contributed by atoms with van der Waals surface area (Å²) in [5.74, 6) is 0. The number of hydrogen-bond donors (Lipinski definition) is 0. The van der Waals surface area contributed by atoms with Gasteiger partial charge in [0.1, 0.15) is 5.60 Å². The maximum absolute atomic E-state index is 12.7. The molecule has 0 fully saturated rings. The Morgan fingerprint density at radius 2 is 1.75 bits per heavy atom. The van der Waals surface area contributed by atoms with Crippen molar-refractivity contribution in [3.63, 3.8) is 0 Å². The molecule has 0 aromatic rings. The molecule has 7 heteroatoms. The maximum atomic E-state index is 12.7. The molecule has 0 radical (unpaired) electrons. The van der Waals surface area contributed by atoms with E-state index in [-0.39, 0.29) is 19.8 Å². The minimum absolute atomic E-state index is 0.162. The highest BCUT2D eigenvalue weighted by Crippen LogP contribution is 2.52. The van der Waals surface area contributed by atoms with Gasteiger partial charge in [0.25, 0.3) is 0 Å². The monoisotopic (exact) mass is 307 g/mol. The van der Waals surface area contributed by atoms with Gasteiger partial charge in [-0.15, -0.1) is 6.58 Å². The summed E-state index contributed by atoms with van der Waals surface area (Å²) in [5, 5.41) is 0. The molecule has 0 unspecified atom stereocenters. The molecule has 0 saturated heterocycles. The van der Waals surface area contributed by atoms with Crippen molar-refractivity contribution in [2.24, 2.45) is 0 Å². The van der Waals surface area contributed by atoms with Crippen LogP contribution in [0.15, 0.2) is 12.7 Å². The first-order chi connectivity index (χ1) is 9.20.